The smallest absolute Gasteiger partial charge is 0.0616 e. The number of hydrogen-bond acceptors (Lipinski definition) is 2. The SMILES string of the molecule is CCCCCCCC(N)C1CCOC1CC. The Labute approximate surface area is 101 Å². The first-order chi connectivity index (χ1) is 7.79. The summed E-state index contributed by atoms with van der Waals surface area (Å²) in [4.78, 5) is 0. The van der Waals surface area contributed by atoms with Crippen LogP contribution in [0.3, 0.4) is 0 Å². The highest BCUT2D eigenvalue weighted by atomic mass is 16.5. The minimum absolute atomic E-state index is 0.370. The standard InChI is InChI=1S/C14H29NO/c1-3-5-6-7-8-9-13(15)12-10-11-16-14(12)4-2/h12-14H,3-11,15H2,1-2H3. The largest absolute Gasteiger partial charge is 0.378 e. The fourth-order valence-corrected chi connectivity index (χ4v) is 2.77. The molecule has 1 aliphatic rings. The third kappa shape index (κ3) is 4.42. The molecule has 0 aromatic carbocycles. The monoisotopic (exact) mass is 227 g/mol. The molecule has 0 aliphatic carbocycles. The van der Waals surface area contributed by atoms with E-state index in [9.17, 15) is 0 Å². The van der Waals surface area contributed by atoms with E-state index in [0.717, 1.165) is 13.0 Å². The summed E-state index contributed by atoms with van der Waals surface area (Å²) in [6.07, 6.45) is 10.6. The zero-order valence-electron chi connectivity index (χ0n) is 11.1. The van der Waals surface area contributed by atoms with E-state index in [2.05, 4.69) is 13.8 Å². The van der Waals surface area contributed by atoms with E-state index < -0.39 is 0 Å². The lowest BCUT2D eigenvalue weighted by molar-refractivity contribution is 0.0803. The first-order valence-electron chi connectivity index (χ1n) is 7.16. The van der Waals surface area contributed by atoms with Gasteiger partial charge in [0.05, 0.1) is 6.10 Å². The van der Waals surface area contributed by atoms with Crippen LogP contribution in [0.4, 0.5) is 0 Å². The molecule has 0 aromatic heterocycles. The number of ether oxygens (including phenoxy) is 1. The summed E-state index contributed by atoms with van der Waals surface area (Å²) in [5.74, 6) is 0.621. The number of unbranched alkanes of at least 4 members (excludes halogenated alkanes) is 4. The minimum atomic E-state index is 0.370. The second kappa shape index (κ2) is 8.08. The Hall–Kier alpha value is -0.0800. The van der Waals surface area contributed by atoms with Crippen molar-refractivity contribution >= 4 is 0 Å². The molecule has 0 bridgehead atoms. The molecule has 3 atom stereocenters. The first-order valence-corrected chi connectivity index (χ1v) is 7.16. The van der Waals surface area contributed by atoms with Crippen molar-refractivity contribution in [2.45, 2.75) is 77.4 Å². The predicted octanol–water partition coefficient (Wildman–Crippen LogP) is 3.49. The van der Waals surface area contributed by atoms with Crippen LogP contribution in [0.15, 0.2) is 0 Å². The lowest BCUT2D eigenvalue weighted by atomic mass is 9.88. The highest BCUT2D eigenvalue weighted by Crippen LogP contribution is 2.27. The van der Waals surface area contributed by atoms with E-state index in [1.807, 2.05) is 0 Å². The molecule has 0 saturated carbocycles. The van der Waals surface area contributed by atoms with Gasteiger partial charge in [-0.25, -0.2) is 0 Å². The van der Waals surface area contributed by atoms with Gasteiger partial charge in [-0.05, 0) is 19.3 Å². The van der Waals surface area contributed by atoms with Gasteiger partial charge in [-0.2, -0.15) is 0 Å². The van der Waals surface area contributed by atoms with E-state index in [1.54, 1.807) is 0 Å². The van der Waals surface area contributed by atoms with E-state index in [0.29, 0.717) is 18.1 Å². The van der Waals surface area contributed by atoms with E-state index in [1.165, 1.54) is 44.9 Å². The maximum Gasteiger partial charge on any atom is 0.0616 e. The summed E-state index contributed by atoms with van der Waals surface area (Å²) >= 11 is 0. The van der Waals surface area contributed by atoms with Crippen LogP contribution in [0.5, 0.6) is 0 Å². The second-order valence-electron chi connectivity index (χ2n) is 5.14. The quantitative estimate of drug-likeness (QED) is 0.644. The topological polar surface area (TPSA) is 35.2 Å². The Morgan fingerprint density at radius 1 is 1.19 bits per heavy atom. The van der Waals surface area contributed by atoms with Crippen LogP contribution in [0.25, 0.3) is 0 Å². The lowest BCUT2D eigenvalue weighted by Gasteiger charge is -2.23. The number of hydrogen-bond donors (Lipinski definition) is 1. The molecule has 1 saturated heterocycles. The van der Waals surface area contributed by atoms with Crippen molar-refractivity contribution in [2.24, 2.45) is 11.7 Å². The minimum Gasteiger partial charge on any atom is -0.378 e. The van der Waals surface area contributed by atoms with Crippen molar-refractivity contribution in [1.82, 2.24) is 0 Å². The van der Waals surface area contributed by atoms with E-state index in [-0.39, 0.29) is 0 Å². The fraction of sp³-hybridized carbons (Fsp3) is 1.00. The first kappa shape index (κ1) is 14.0. The van der Waals surface area contributed by atoms with Crippen molar-refractivity contribution in [3.63, 3.8) is 0 Å². The summed E-state index contributed by atoms with van der Waals surface area (Å²) < 4.78 is 5.70. The van der Waals surface area contributed by atoms with Crippen LogP contribution in [-0.2, 0) is 4.74 Å². The fourth-order valence-electron chi connectivity index (χ4n) is 2.77. The maximum atomic E-state index is 6.28. The molecule has 16 heavy (non-hydrogen) atoms. The molecule has 1 fully saturated rings. The molecule has 1 rings (SSSR count). The van der Waals surface area contributed by atoms with Crippen LogP contribution in [-0.4, -0.2) is 18.8 Å². The molecule has 1 heterocycles. The van der Waals surface area contributed by atoms with Crippen molar-refractivity contribution in [2.75, 3.05) is 6.61 Å². The normalized spacial score (nSPS) is 27.2. The highest BCUT2D eigenvalue weighted by Gasteiger charge is 2.31. The van der Waals surface area contributed by atoms with Gasteiger partial charge in [0.15, 0.2) is 0 Å². The van der Waals surface area contributed by atoms with Crippen molar-refractivity contribution in [3.8, 4) is 0 Å². The van der Waals surface area contributed by atoms with Crippen LogP contribution < -0.4 is 5.73 Å². The number of rotatable bonds is 8. The molecule has 0 radical (unpaired) electrons. The van der Waals surface area contributed by atoms with Gasteiger partial charge in [0.2, 0.25) is 0 Å². The molecule has 0 amide bonds. The Bertz CT molecular complexity index is 172. The molecular formula is C14H29NO. The lowest BCUT2D eigenvalue weighted by Crippen LogP contribution is -2.35. The molecule has 0 spiro atoms. The summed E-state index contributed by atoms with van der Waals surface area (Å²) in [5.41, 5.74) is 6.28. The summed E-state index contributed by atoms with van der Waals surface area (Å²) in [6.45, 7) is 5.39. The molecule has 1 aliphatic heterocycles. The van der Waals surface area contributed by atoms with Gasteiger partial charge in [-0.1, -0.05) is 46.0 Å². The summed E-state index contributed by atoms with van der Waals surface area (Å²) in [6, 6.07) is 0.370. The molecule has 2 N–H and O–H groups in total. The van der Waals surface area contributed by atoms with Gasteiger partial charge >= 0.3 is 0 Å². The van der Waals surface area contributed by atoms with Crippen molar-refractivity contribution < 1.29 is 4.74 Å². The third-order valence-corrected chi connectivity index (χ3v) is 3.85. The van der Waals surface area contributed by atoms with Gasteiger partial charge < -0.3 is 10.5 Å². The van der Waals surface area contributed by atoms with Gasteiger partial charge in [0.1, 0.15) is 0 Å². The summed E-state index contributed by atoms with van der Waals surface area (Å²) in [7, 11) is 0. The second-order valence-corrected chi connectivity index (χ2v) is 5.14. The summed E-state index contributed by atoms with van der Waals surface area (Å²) in [5, 5.41) is 0. The van der Waals surface area contributed by atoms with Crippen LogP contribution >= 0.6 is 0 Å². The highest BCUT2D eigenvalue weighted by molar-refractivity contribution is 4.83. The molecule has 0 aromatic rings. The van der Waals surface area contributed by atoms with Crippen LogP contribution in [0.1, 0.15) is 65.2 Å². The van der Waals surface area contributed by atoms with Crippen molar-refractivity contribution in [3.05, 3.63) is 0 Å². The zero-order valence-corrected chi connectivity index (χ0v) is 11.1. The molecule has 2 nitrogen and oxygen atoms in total. The number of nitrogens with two attached hydrogens (primary N) is 1. The predicted molar refractivity (Wildman–Crippen MR) is 69.5 cm³/mol. The molecular weight excluding hydrogens is 198 g/mol. The van der Waals surface area contributed by atoms with Crippen molar-refractivity contribution in [1.29, 1.82) is 0 Å². The van der Waals surface area contributed by atoms with Gasteiger partial charge in [0, 0.05) is 18.6 Å². The molecule has 2 heteroatoms. The van der Waals surface area contributed by atoms with Crippen LogP contribution in [0.2, 0.25) is 0 Å². The maximum absolute atomic E-state index is 6.28. The van der Waals surface area contributed by atoms with E-state index in [4.69, 9.17) is 10.5 Å². The van der Waals surface area contributed by atoms with E-state index >= 15 is 0 Å². The zero-order chi connectivity index (χ0) is 11.8. The average Bonchev–Trinajstić information content (AvgIpc) is 2.76. The third-order valence-electron chi connectivity index (χ3n) is 3.85. The van der Waals surface area contributed by atoms with Gasteiger partial charge in [-0.15, -0.1) is 0 Å². The van der Waals surface area contributed by atoms with Crippen LogP contribution in [0, 0.1) is 5.92 Å². The Balaban J connectivity index is 2.11. The van der Waals surface area contributed by atoms with Gasteiger partial charge in [-0.3, -0.25) is 0 Å². The Kier molecular flexibility index (Phi) is 7.06. The molecule has 3 unspecified atom stereocenters. The van der Waals surface area contributed by atoms with Gasteiger partial charge in [0.25, 0.3) is 0 Å². The average molecular weight is 227 g/mol. The Morgan fingerprint density at radius 2 is 1.94 bits per heavy atom. The molecule has 96 valence electrons. The Morgan fingerprint density at radius 3 is 2.62 bits per heavy atom.